The molecule has 1 saturated heterocycles. The first-order valence-corrected chi connectivity index (χ1v) is 8.96. The molecule has 3 rings (SSSR count). The summed E-state index contributed by atoms with van der Waals surface area (Å²) in [6, 6.07) is 2.38. The van der Waals surface area contributed by atoms with Gasteiger partial charge in [-0.3, -0.25) is 14.4 Å². The third-order valence-corrected chi connectivity index (χ3v) is 5.08. The number of nitrogens with one attached hydrogen (secondary N) is 1. The number of amides is 1. The number of alkyl halides is 3. The van der Waals surface area contributed by atoms with E-state index in [9.17, 15) is 22.4 Å². The third kappa shape index (κ3) is 4.30. The molecule has 1 aliphatic rings. The monoisotopic (exact) mass is 406 g/mol. The summed E-state index contributed by atoms with van der Waals surface area (Å²) in [5.41, 5.74) is -0.708. The molecule has 0 saturated carbocycles. The van der Waals surface area contributed by atoms with Gasteiger partial charge in [0.2, 0.25) is 5.91 Å². The van der Waals surface area contributed by atoms with E-state index in [4.69, 9.17) is 4.74 Å². The van der Waals surface area contributed by atoms with Crippen molar-refractivity contribution in [2.75, 3.05) is 32.2 Å². The van der Waals surface area contributed by atoms with Gasteiger partial charge in [0.25, 0.3) is 0 Å². The molecule has 2 atom stereocenters. The van der Waals surface area contributed by atoms with E-state index >= 15 is 0 Å². The number of aryl methyl sites for hydroxylation is 1. The van der Waals surface area contributed by atoms with Gasteiger partial charge < -0.3 is 10.1 Å². The highest BCUT2D eigenvalue weighted by Crippen LogP contribution is 2.34. The number of ether oxygens (including phenoxy) is 1. The summed E-state index contributed by atoms with van der Waals surface area (Å²) in [5.74, 6) is -1.97. The van der Waals surface area contributed by atoms with Crippen LogP contribution in [0.15, 0.2) is 17.5 Å². The number of anilines is 1. The fraction of sp³-hybridized carbons (Fsp3) is 0.500. The molecule has 2 aromatic heterocycles. The zero-order chi connectivity index (χ0) is 19.8. The van der Waals surface area contributed by atoms with Gasteiger partial charge in [0, 0.05) is 19.5 Å². The molecule has 0 spiro atoms. The van der Waals surface area contributed by atoms with E-state index in [1.165, 1.54) is 18.5 Å². The minimum Gasteiger partial charge on any atom is -0.365 e. The molecule has 1 fully saturated rings. The average molecular weight is 406 g/mol. The van der Waals surface area contributed by atoms with Gasteiger partial charge in [-0.25, -0.2) is 0 Å². The summed E-state index contributed by atoms with van der Waals surface area (Å²) in [4.78, 5) is 14.5. The van der Waals surface area contributed by atoms with Crippen LogP contribution in [0.4, 0.5) is 23.2 Å². The van der Waals surface area contributed by atoms with Crippen molar-refractivity contribution in [1.29, 1.82) is 0 Å². The van der Waals surface area contributed by atoms with Crippen LogP contribution in [0.1, 0.15) is 17.3 Å². The van der Waals surface area contributed by atoms with Gasteiger partial charge in [-0.2, -0.15) is 22.7 Å². The molecule has 3 heterocycles. The standard InChI is InChI=1S/C16H18F4N4O2S/c1-23-6-9(12-5-13(16(18,19)20)24(2)22-12)10(7-26-8-23)15(25)21-11-3-4-27-14(11)17/h3-5,9-10H,6-8H2,1-2H3,(H,21,25)/t9-,10-/m0/s1. The molecule has 0 bridgehead atoms. The lowest BCUT2D eigenvalue weighted by molar-refractivity contribution is -0.143. The van der Waals surface area contributed by atoms with Crippen molar-refractivity contribution in [3.05, 3.63) is 34.0 Å². The molecule has 0 unspecified atom stereocenters. The number of halogens is 4. The van der Waals surface area contributed by atoms with Crippen LogP contribution in [0.5, 0.6) is 0 Å². The first-order valence-electron chi connectivity index (χ1n) is 8.08. The largest absolute Gasteiger partial charge is 0.433 e. The molecule has 6 nitrogen and oxygen atoms in total. The number of carbonyl (C=O) groups excluding carboxylic acids is 1. The lowest BCUT2D eigenvalue weighted by Gasteiger charge is -2.23. The van der Waals surface area contributed by atoms with Gasteiger partial charge in [0.05, 0.1) is 30.6 Å². The lowest BCUT2D eigenvalue weighted by atomic mass is 9.88. The Morgan fingerprint density at radius 3 is 2.74 bits per heavy atom. The Balaban J connectivity index is 1.91. The van der Waals surface area contributed by atoms with Gasteiger partial charge in [0.15, 0.2) is 5.13 Å². The van der Waals surface area contributed by atoms with Gasteiger partial charge in [-0.1, -0.05) is 0 Å². The fourth-order valence-electron chi connectivity index (χ4n) is 3.07. The van der Waals surface area contributed by atoms with E-state index in [-0.39, 0.29) is 31.3 Å². The zero-order valence-electron chi connectivity index (χ0n) is 14.6. The number of aromatic nitrogens is 2. The van der Waals surface area contributed by atoms with Crippen LogP contribution in [0.3, 0.4) is 0 Å². The van der Waals surface area contributed by atoms with E-state index in [0.29, 0.717) is 0 Å². The summed E-state index contributed by atoms with van der Waals surface area (Å²) >= 11 is 0.841. The molecule has 0 aliphatic carbocycles. The molecule has 1 amide bonds. The SMILES string of the molecule is CN1COC[C@H](C(=O)Nc2ccsc2F)[C@@H](c2cc(C(F)(F)F)n(C)n2)C1. The molecular weight excluding hydrogens is 388 g/mol. The van der Waals surface area contributed by atoms with Crippen molar-refractivity contribution < 1.29 is 27.1 Å². The van der Waals surface area contributed by atoms with E-state index in [0.717, 1.165) is 22.1 Å². The van der Waals surface area contributed by atoms with Gasteiger partial charge in [-0.05, 0) is 24.6 Å². The van der Waals surface area contributed by atoms with Crippen LogP contribution in [-0.2, 0) is 22.8 Å². The predicted molar refractivity (Wildman–Crippen MR) is 90.8 cm³/mol. The predicted octanol–water partition coefficient (Wildman–Crippen LogP) is 2.90. The van der Waals surface area contributed by atoms with Crippen LogP contribution in [-0.4, -0.2) is 47.5 Å². The number of thiophene rings is 1. The van der Waals surface area contributed by atoms with Crippen LogP contribution >= 0.6 is 11.3 Å². The summed E-state index contributed by atoms with van der Waals surface area (Å²) in [7, 11) is 2.94. The molecular formula is C16H18F4N4O2S. The summed E-state index contributed by atoms with van der Waals surface area (Å²) in [6.07, 6.45) is -4.55. The van der Waals surface area contributed by atoms with E-state index in [2.05, 4.69) is 10.4 Å². The van der Waals surface area contributed by atoms with Gasteiger partial charge in [0.1, 0.15) is 5.69 Å². The molecule has 1 aliphatic heterocycles. The second-order valence-corrected chi connectivity index (χ2v) is 7.29. The van der Waals surface area contributed by atoms with Crippen molar-refractivity contribution in [3.8, 4) is 0 Å². The number of hydrogen-bond donors (Lipinski definition) is 1. The third-order valence-electron chi connectivity index (χ3n) is 4.38. The number of likely N-dealkylation sites (N-methyl/N-ethyl adjacent to an activating group) is 1. The number of rotatable bonds is 3. The molecule has 0 aromatic carbocycles. The Labute approximate surface area is 156 Å². The molecule has 27 heavy (non-hydrogen) atoms. The normalized spacial score (nSPS) is 21.9. The van der Waals surface area contributed by atoms with Crippen LogP contribution < -0.4 is 5.32 Å². The van der Waals surface area contributed by atoms with E-state index in [1.807, 2.05) is 0 Å². The highest BCUT2D eigenvalue weighted by molar-refractivity contribution is 7.08. The zero-order valence-corrected chi connectivity index (χ0v) is 15.4. The number of nitrogens with zero attached hydrogens (tertiary/aromatic N) is 3. The number of carbonyl (C=O) groups is 1. The highest BCUT2D eigenvalue weighted by Gasteiger charge is 2.39. The topological polar surface area (TPSA) is 59.4 Å². The van der Waals surface area contributed by atoms with Gasteiger partial charge in [-0.15, -0.1) is 11.3 Å². The second kappa shape index (κ2) is 7.56. The molecule has 1 N–H and O–H groups in total. The summed E-state index contributed by atoms with van der Waals surface area (Å²) < 4.78 is 59.2. The van der Waals surface area contributed by atoms with Crippen molar-refractivity contribution in [2.24, 2.45) is 13.0 Å². The highest BCUT2D eigenvalue weighted by atomic mass is 32.1. The maximum atomic E-state index is 13.7. The smallest absolute Gasteiger partial charge is 0.365 e. The van der Waals surface area contributed by atoms with Crippen molar-refractivity contribution >= 4 is 22.9 Å². The van der Waals surface area contributed by atoms with Crippen molar-refractivity contribution in [1.82, 2.24) is 14.7 Å². The minimum atomic E-state index is -4.55. The Bertz CT molecular complexity index is 820. The Morgan fingerprint density at radius 1 is 1.41 bits per heavy atom. The van der Waals surface area contributed by atoms with Crippen molar-refractivity contribution in [2.45, 2.75) is 12.1 Å². The van der Waals surface area contributed by atoms with Gasteiger partial charge >= 0.3 is 6.18 Å². The second-order valence-electron chi connectivity index (χ2n) is 6.42. The van der Waals surface area contributed by atoms with Crippen LogP contribution in [0.25, 0.3) is 0 Å². The number of hydrogen-bond acceptors (Lipinski definition) is 5. The first kappa shape index (κ1) is 19.8. The molecule has 2 aromatic rings. The molecule has 148 valence electrons. The Morgan fingerprint density at radius 2 is 2.15 bits per heavy atom. The quantitative estimate of drug-likeness (QED) is 0.797. The van der Waals surface area contributed by atoms with Crippen LogP contribution in [0.2, 0.25) is 0 Å². The van der Waals surface area contributed by atoms with E-state index < -0.39 is 34.7 Å². The first-order chi connectivity index (χ1) is 12.7. The molecule has 0 radical (unpaired) electrons. The maximum absolute atomic E-state index is 13.7. The lowest BCUT2D eigenvalue weighted by Crippen LogP contribution is -2.34. The minimum absolute atomic E-state index is 0.00940. The average Bonchev–Trinajstić information content (AvgIpc) is 3.09. The van der Waals surface area contributed by atoms with Crippen molar-refractivity contribution in [3.63, 3.8) is 0 Å². The summed E-state index contributed by atoms with van der Waals surface area (Å²) in [6.45, 7) is 0.495. The fourth-order valence-corrected chi connectivity index (χ4v) is 3.64. The molecule has 11 heteroatoms. The van der Waals surface area contributed by atoms with E-state index in [1.54, 1.807) is 11.9 Å². The Hall–Kier alpha value is -1.98. The summed E-state index contributed by atoms with van der Waals surface area (Å²) in [5, 5.41) is 7.44. The Kier molecular flexibility index (Phi) is 5.54. The van der Waals surface area contributed by atoms with Crippen LogP contribution in [0, 0.1) is 11.0 Å². The maximum Gasteiger partial charge on any atom is 0.433 e.